The summed E-state index contributed by atoms with van der Waals surface area (Å²) in [5.41, 5.74) is 1.90. The topological polar surface area (TPSA) is 26.3 Å². The molecular weight excluding hydrogens is 164 g/mol. The first-order valence-electron chi connectivity index (χ1n) is 4.40. The highest BCUT2D eigenvalue weighted by atomic mass is 16.6. The molecule has 0 saturated carbocycles. The number of ether oxygens (including phenoxy) is 1. The van der Waals surface area contributed by atoms with E-state index < -0.39 is 5.60 Å². The fourth-order valence-electron chi connectivity index (χ4n) is 1.67. The minimum absolute atomic E-state index is 0.243. The molecule has 0 N–H and O–H groups in total. The third-order valence-electron chi connectivity index (χ3n) is 2.53. The van der Waals surface area contributed by atoms with Crippen LogP contribution in [0.4, 0.5) is 0 Å². The number of esters is 1. The van der Waals surface area contributed by atoms with E-state index in [2.05, 4.69) is 19.1 Å². The lowest BCUT2D eigenvalue weighted by atomic mass is 9.84. The van der Waals surface area contributed by atoms with Gasteiger partial charge in [0.2, 0.25) is 0 Å². The van der Waals surface area contributed by atoms with Crippen LogP contribution in [0.3, 0.4) is 0 Å². The maximum absolute atomic E-state index is 11.0. The van der Waals surface area contributed by atoms with Gasteiger partial charge in [0.15, 0.2) is 0 Å². The molecule has 1 heterocycles. The van der Waals surface area contributed by atoms with Gasteiger partial charge >= 0.3 is 5.97 Å². The van der Waals surface area contributed by atoms with E-state index in [0.29, 0.717) is 0 Å². The Morgan fingerprint density at radius 2 is 2.23 bits per heavy atom. The molecule has 0 fully saturated rings. The van der Waals surface area contributed by atoms with Gasteiger partial charge in [-0.3, -0.25) is 0 Å². The molecule has 2 aliphatic rings. The average Bonchev–Trinajstić information content (AvgIpc) is 2.06. The molecule has 1 aliphatic carbocycles. The zero-order valence-corrected chi connectivity index (χ0v) is 7.83. The highest BCUT2D eigenvalue weighted by Crippen LogP contribution is 2.34. The molecule has 0 aromatic rings. The van der Waals surface area contributed by atoms with Gasteiger partial charge < -0.3 is 4.74 Å². The fourth-order valence-corrected chi connectivity index (χ4v) is 1.67. The summed E-state index contributed by atoms with van der Waals surface area (Å²) in [5, 5.41) is 0. The highest BCUT2D eigenvalue weighted by molar-refractivity contribution is 5.85. The van der Waals surface area contributed by atoms with Crippen molar-refractivity contribution < 1.29 is 9.53 Å². The van der Waals surface area contributed by atoms with Crippen LogP contribution >= 0.6 is 0 Å². The van der Waals surface area contributed by atoms with Crippen molar-refractivity contribution in [2.75, 3.05) is 0 Å². The maximum atomic E-state index is 11.0. The standard InChI is InChI=1S/C11H12O2/c1-8-5-6-11(2)9(7-8)3-4-10(12)13-11/h3-5,7H,6H2,1-2H3/t11-/m0/s1. The van der Waals surface area contributed by atoms with E-state index in [1.54, 1.807) is 0 Å². The zero-order valence-electron chi connectivity index (χ0n) is 7.83. The summed E-state index contributed by atoms with van der Waals surface area (Å²) >= 11 is 0. The molecule has 2 heteroatoms. The lowest BCUT2D eigenvalue weighted by molar-refractivity contribution is -0.149. The second kappa shape index (κ2) is 2.59. The van der Waals surface area contributed by atoms with Gasteiger partial charge in [0.1, 0.15) is 5.60 Å². The van der Waals surface area contributed by atoms with E-state index in [-0.39, 0.29) is 5.97 Å². The van der Waals surface area contributed by atoms with Crippen molar-refractivity contribution in [1.29, 1.82) is 0 Å². The molecule has 0 radical (unpaired) electrons. The van der Waals surface area contributed by atoms with Crippen LogP contribution < -0.4 is 0 Å². The number of rotatable bonds is 0. The first-order chi connectivity index (χ1) is 6.10. The van der Waals surface area contributed by atoms with Gasteiger partial charge in [-0.25, -0.2) is 4.79 Å². The van der Waals surface area contributed by atoms with E-state index >= 15 is 0 Å². The van der Waals surface area contributed by atoms with Gasteiger partial charge in [0.05, 0.1) is 0 Å². The molecule has 1 aliphatic heterocycles. The Labute approximate surface area is 77.6 Å². The van der Waals surface area contributed by atoms with Crippen molar-refractivity contribution in [3.63, 3.8) is 0 Å². The van der Waals surface area contributed by atoms with Crippen LogP contribution in [0.2, 0.25) is 0 Å². The van der Waals surface area contributed by atoms with Crippen LogP contribution in [0.25, 0.3) is 0 Å². The molecule has 0 bridgehead atoms. The largest absolute Gasteiger partial charge is 0.451 e. The van der Waals surface area contributed by atoms with Crippen LogP contribution in [-0.4, -0.2) is 11.6 Å². The molecule has 0 saturated heterocycles. The molecule has 68 valence electrons. The number of hydrogen-bond acceptors (Lipinski definition) is 2. The number of carbonyl (C=O) groups excluding carboxylic acids is 1. The van der Waals surface area contributed by atoms with E-state index in [1.807, 2.05) is 13.0 Å². The lowest BCUT2D eigenvalue weighted by Crippen LogP contribution is -2.36. The predicted octanol–water partition coefficient (Wildman–Crippen LogP) is 2.13. The normalized spacial score (nSPS) is 31.7. The number of fused-ring (bicyclic) bond motifs is 1. The van der Waals surface area contributed by atoms with Gasteiger partial charge in [-0.15, -0.1) is 0 Å². The Morgan fingerprint density at radius 1 is 1.46 bits per heavy atom. The van der Waals surface area contributed by atoms with Crippen LogP contribution in [0.1, 0.15) is 20.3 Å². The van der Waals surface area contributed by atoms with Crippen LogP contribution in [0.15, 0.2) is 35.5 Å². The summed E-state index contributed by atoms with van der Waals surface area (Å²) in [6.07, 6.45) is 8.26. The summed E-state index contributed by atoms with van der Waals surface area (Å²) < 4.78 is 5.29. The molecule has 1 atom stereocenters. The van der Waals surface area contributed by atoms with Crippen molar-refractivity contribution in [3.05, 3.63) is 35.5 Å². The third-order valence-corrected chi connectivity index (χ3v) is 2.53. The highest BCUT2D eigenvalue weighted by Gasteiger charge is 2.34. The molecule has 0 unspecified atom stereocenters. The van der Waals surface area contributed by atoms with E-state index in [1.165, 1.54) is 11.6 Å². The van der Waals surface area contributed by atoms with Gasteiger partial charge in [0, 0.05) is 12.5 Å². The molecule has 13 heavy (non-hydrogen) atoms. The van der Waals surface area contributed by atoms with Crippen molar-refractivity contribution in [1.82, 2.24) is 0 Å². The minimum atomic E-state index is -0.425. The van der Waals surface area contributed by atoms with E-state index in [0.717, 1.165) is 12.0 Å². The quantitative estimate of drug-likeness (QED) is 0.528. The third kappa shape index (κ3) is 1.32. The predicted molar refractivity (Wildman–Crippen MR) is 50.1 cm³/mol. The Morgan fingerprint density at radius 3 is 3.00 bits per heavy atom. The first-order valence-corrected chi connectivity index (χ1v) is 4.40. The van der Waals surface area contributed by atoms with E-state index in [9.17, 15) is 4.79 Å². The van der Waals surface area contributed by atoms with Crippen molar-refractivity contribution in [3.8, 4) is 0 Å². The number of allylic oxidation sites excluding steroid dienone is 2. The van der Waals surface area contributed by atoms with Crippen molar-refractivity contribution >= 4 is 5.97 Å². The summed E-state index contributed by atoms with van der Waals surface area (Å²) in [4.78, 5) is 11.0. The van der Waals surface area contributed by atoms with Gasteiger partial charge in [-0.1, -0.05) is 17.7 Å². The van der Waals surface area contributed by atoms with Gasteiger partial charge in [0.25, 0.3) is 0 Å². The summed E-state index contributed by atoms with van der Waals surface area (Å²) in [6, 6.07) is 0. The number of hydrogen-bond donors (Lipinski definition) is 0. The molecular formula is C11H12O2. The summed E-state index contributed by atoms with van der Waals surface area (Å²) in [7, 11) is 0. The Kier molecular flexibility index (Phi) is 1.65. The van der Waals surface area contributed by atoms with E-state index in [4.69, 9.17) is 4.74 Å². The van der Waals surface area contributed by atoms with Crippen LogP contribution in [0, 0.1) is 0 Å². The minimum Gasteiger partial charge on any atom is -0.451 e. The molecule has 0 aromatic carbocycles. The smallest absolute Gasteiger partial charge is 0.331 e. The Balaban J connectivity index is 2.43. The molecule has 2 rings (SSSR count). The molecule has 2 nitrogen and oxygen atoms in total. The number of carbonyl (C=O) groups is 1. The fraction of sp³-hybridized carbons (Fsp3) is 0.364. The zero-order chi connectivity index (χ0) is 9.47. The average molecular weight is 176 g/mol. The summed E-state index contributed by atoms with van der Waals surface area (Å²) in [6.45, 7) is 4.00. The van der Waals surface area contributed by atoms with Crippen LogP contribution in [-0.2, 0) is 9.53 Å². The van der Waals surface area contributed by atoms with Crippen molar-refractivity contribution in [2.45, 2.75) is 25.9 Å². The maximum Gasteiger partial charge on any atom is 0.331 e. The molecule has 0 aromatic heterocycles. The molecule has 0 spiro atoms. The van der Waals surface area contributed by atoms with Gasteiger partial charge in [-0.05, 0) is 25.5 Å². The second-order valence-corrected chi connectivity index (χ2v) is 3.74. The second-order valence-electron chi connectivity index (χ2n) is 3.74. The summed E-state index contributed by atoms with van der Waals surface area (Å²) in [5.74, 6) is -0.243. The lowest BCUT2D eigenvalue weighted by Gasteiger charge is -2.34. The Hall–Kier alpha value is -1.31. The molecule has 0 amide bonds. The van der Waals surface area contributed by atoms with Crippen LogP contribution in [0.5, 0.6) is 0 Å². The first kappa shape index (κ1) is 8.30. The SMILES string of the molecule is CC1=CC[C@]2(C)OC(=O)C=CC2=C1. The van der Waals surface area contributed by atoms with Gasteiger partial charge in [-0.2, -0.15) is 0 Å². The monoisotopic (exact) mass is 176 g/mol. The van der Waals surface area contributed by atoms with Crippen molar-refractivity contribution in [2.24, 2.45) is 0 Å². The Bertz CT molecular complexity index is 347.